The monoisotopic (exact) mass is 305 g/mol. The Morgan fingerprint density at radius 2 is 1.80 bits per heavy atom. The fourth-order valence-electron chi connectivity index (χ4n) is 2.08. The molecule has 2 aromatic rings. The molecule has 0 fully saturated rings. The molecule has 0 bridgehead atoms. The number of rotatable bonds is 6. The van der Waals surface area contributed by atoms with Gasteiger partial charge in [-0.25, -0.2) is 0 Å². The first kappa shape index (κ1) is 15.4. The molecule has 20 heavy (non-hydrogen) atoms. The molecule has 1 unspecified atom stereocenters. The summed E-state index contributed by atoms with van der Waals surface area (Å²) in [5.41, 5.74) is 2.55. The molecule has 0 aromatic heterocycles. The predicted molar refractivity (Wildman–Crippen MR) is 89.9 cm³/mol. The van der Waals surface area contributed by atoms with E-state index in [1.165, 1.54) is 16.0 Å². The summed E-state index contributed by atoms with van der Waals surface area (Å²) in [6.07, 6.45) is 0.953. The zero-order valence-corrected chi connectivity index (χ0v) is 13.5. The Morgan fingerprint density at radius 1 is 1.10 bits per heavy atom. The second-order valence-electron chi connectivity index (χ2n) is 4.86. The van der Waals surface area contributed by atoms with Crippen LogP contribution in [0.2, 0.25) is 5.02 Å². The highest BCUT2D eigenvalue weighted by atomic mass is 35.5. The Kier molecular flexibility index (Phi) is 5.96. The number of halogens is 1. The zero-order valence-electron chi connectivity index (χ0n) is 11.9. The van der Waals surface area contributed by atoms with E-state index in [0.29, 0.717) is 6.04 Å². The maximum Gasteiger partial charge on any atom is 0.0438 e. The van der Waals surface area contributed by atoms with Crippen molar-refractivity contribution in [3.63, 3.8) is 0 Å². The third-order valence-electron chi connectivity index (χ3n) is 3.37. The van der Waals surface area contributed by atoms with E-state index in [4.69, 9.17) is 11.6 Å². The molecule has 0 heterocycles. The molecule has 1 atom stereocenters. The number of likely N-dealkylation sites (N-methyl/N-ethyl adjacent to an activating group) is 1. The molecular weight excluding hydrogens is 286 g/mol. The van der Waals surface area contributed by atoms with Crippen LogP contribution < -0.4 is 5.32 Å². The minimum Gasteiger partial charge on any atom is -0.316 e. The van der Waals surface area contributed by atoms with Gasteiger partial charge in [-0.15, -0.1) is 11.8 Å². The number of aryl methyl sites for hydroxylation is 1. The van der Waals surface area contributed by atoms with Crippen LogP contribution >= 0.6 is 23.4 Å². The SMILES string of the molecule is CNC(CSc1ccccc1C)Cc1ccccc1Cl. The van der Waals surface area contributed by atoms with E-state index in [-0.39, 0.29) is 0 Å². The fourth-order valence-corrected chi connectivity index (χ4v) is 3.43. The molecule has 1 N–H and O–H groups in total. The Labute approximate surface area is 130 Å². The van der Waals surface area contributed by atoms with Crippen LogP contribution in [0.5, 0.6) is 0 Å². The summed E-state index contributed by atoms with van der Waals surface area (Å²) < 4.78 is 0. The molecule has 0 saturated carbocycles. The molecule has 106 valence electrons. The van der Waals surface area contributed by atoms with Crippen LogP contribution in [0.1, 0.15) is 11.1 Å². The van der Waals surface area contributed by atoms with Gasteiger partial charge in [-0.2, -0.15) is 0 Å². The van der Waals surface area contributed by atoms with Gasteiger partial charge in [-0.3, -0.25) is 0 Å². The lowest BCUT2D eigenvalue weighted by atomic mass is 10.1. The van der Waals surface area contributed by atoms with Crippen molar-refractivity contribution in [2.45, 2.75) is 24.3 Å². The van der Waals surface area contributed by atoms with Gasteiger partial charge in [-0.05, 0) is 43.7 Å². The topological polar surface area (TPSA) is 12.0 Å². The Balaban J connectivity index is 1.96. The van der Waals surface area contributed by atoms with E-state index in [1.54, 1.807) is 0 Å². The predicted octanol–water partition coefficient (Wildman–Crippen LogP) is 4.57. The lowest BCUT2D eigenvalue weighted by Crippen LogP contribution is -2.30. The highest BCUT2D eigenvalue weighted by Crippen LogP contribution is 2.24. The summed E-state index contributed by atoms with van der Waals surface area (Å²) in [6, 6.07) is 17.0. The molecule has 0 amide bonds. The molecule has 0 radical (unpaired) electrons. The van der Waals surface area contributed by atoms with Crippen LogP contribution in [0.4, 0.5) is 0 Å². The Hall–Kier alpha value is -0.960. The van der Waals surface area contributed by atoms with Crippen molar-refractivity contribution >= 4 is 23.4 Å². The normalized spacial score (nSPS) is 12.3. The van der Waals surface area contributed by atoms with Gasteiger partial charge in [0.25, 0.3) is 0 Å². The van der Waals surface area contributed by atoms with Crippen molar-refractivity contribution in [1.82, 2.24) is 5.32 Å². The van der Waals surface area contributed by atoms with E-state index in [9.17, 15) is 0 Å². The number of benzene rings is 2. The van der Waals surface area contributed by atoms with Crippen molar-refractivity contribution < 1.29 is 0 Å². The van der Waals surface area contributed by atoms with Gasteiger partial charge in [0.1, 0.15) is 0 Å². The highest BCUT2D eigenvalue weighted by molar-refractivity contribution is 7.99. The lowest BCUT2D eigenvalue weighted by Gasteiger charge is -2.17. The molecule has 2 rings (SSSR count). The summed E-state index contributed by atoms with van der Waals surface area (Å²) in [5.74, 6) is 1.03. The molecule has 0 aliphatic rings. The van der Waals surface area contributed by atoms with Gasteiger partial charge in [0.2, 0.25) is 0 Å². The zero-order chi connectivity index (χ0) is 14.4. The molecule has 0 aliphatic heterocycles. The smallest absolute Gasteiger partial charge is 0.0438 e. The average molecular weight is 306 g/mol. The second kappa shape index (κ2) is 7.72. The number of thioether (sulfide) groups is 1. The Morgan fingerprint density at radius 3 is 2.50 bits per heavy atom. The summed E-state index contributed by atoms with van der Waals surface area (Å²) in [4.78, 5) is 1.35. The minimum absolute atomic E-state index is 0.416. The van der Waals surface area contributed by atoms with Crippen LogP contribution in [-0.4, -0.2) is 18.8 Å². The number of hydrogen-bond acceptors (Lipinski definition) is 2. The van der Waals surface area contributed by atoms with Crippen molar-refractivity contribution in [3.8, 4) is 0 Å². The van der Waals surface area contributed by atoms with Gasteiger partial charge in [0, 0.05) is 21.7 Å². The van der Waals surface area contributed by atoms with Gasteiger partial charge in [0.15, 0.2) is 0 Å². The van der Waals surface area contributed by atoms with Crippen LogP contribution in [0.15, 0.2) is 53.4 Å². The van der Waals surface area contributed by atoms with Gasteiger partial charge in [-0.1, -0.05) is 48.0 Å². The highest BCUT2D eigenvalue weighted by Gasteiger charge is 2.10. The van der Waals surface area contributed by atoms with Crippen LogP contribution in [-0.2, 0) is 6.42 Å². The third-order valence-corrected chi connectivity index (χ3v) is 5.07. The largest absolute Gasteiger partial charge is 0.316 e. The van der Waals surface area contributed by atoms with E-state index in [1.807, 2.05) is 37.0 Å². The fraction of sp³-hybridized carbons (Fsp3) is 0.294. The summed E-state index contributed by atoms with van der Waals surface area (Å²) >= 11 is 8.13. The number of hydrogen-bond donors (Lipinski definition) is 1. The van der Waals surface area contributed by atoms with Crippen molar-refractivity contribution in [3.05, 3.63) is 64.7 Å². The molecule has 0 aliphatic carbocycles. The third kappa shape index (κ3) is 4.27. The van der Waals surface area contributed by atoms with E-state index in [2.05, 4.69) is 42.6 Å². The molecule has 0 spiro atoms. The molecule has 1 nitrogen and oxygen atoms in total. The van der Waals surface area contributed by atoms with Gasteiger partial charge in [0.05, 0.1) is 0 Å². The van der Waals surface area contributed by atoms with Crippen molar-refractivity contribution in [2.75, 3.05) is 12.8 Å². The van der Waals surface area contributed by atoms with Gasteiger partial charge < -0.3 is 5.32 Å². The summed E-state index contributed by atoms with van der Waals surface area (Å²) in [7, 11) is 2.01. The standard InChI is InChI=1S/C17H20ClNS/c1-13-7-3-6-10-17(13)20-12-15(19-2)11-14-8-4-5-9-16(14)18/h3-10,15,19H,11-12H2,1-2H3. The van der Waals surface area contributed by atoms with Crippen LogP contribution in [0.3, 0.4) is 0 Å². The molecular formula is C17H20ClNS. The van der Waals surface area contributed by atoms with Gasteiger partial charge >= 0.3 is 0 Å². The first-order chi connectivity index (χ1) is 9.70. The second-order valence-corrected chi connectivity index (χ2v) is 6.33. The number of nitrogens with one attached hydrogen (secondary N) is 1. The minimum atomic E-state index is 0.416. The first-order valence-corrected chi connectivity index (χ1v) is 8.16. The molecule has 3 heteroatoms. The van der Waals surface area contributed by atoms with Crippen LogP contribution in [0, 0.1) is 6.92 Å². The van der Waals surface area contributed by atoms with Crippen molar-refractivity contribution in [1.29, 1.82) is 0 Å². The van der Waals surface area contributed by atoms with E-state index < -0.39 is 0 Å². The van der Waals surface area contributed by atoms with Crippen molar-refractivity contribution in [2.24, 2.45) is 0 Å². The first-order valence-electron chi connectivity index (χ1n) is 6.80. The molecule has 0 saturated heterocycles. The lowest BCUT2D eigenvalue weighted by molar-refractivity contribution is 0.617. The maximum absolute atomic E-state index is 6.23. The average Bonchev–Trinajstić information content (AvgIpc) is 2.47. The quantitative estimate of drug-likeness (QED) is 0.785. The van der Waals surface area contributed by atoms with E-state index in [0.717, 1.165) is 17.2 Å². The molecule has 2 aromatic carbocycles. The Bertz CT molecular complexity index is 556. The van der Waals surface area contributed by atoms with Crippen LogP contribution in [0.25, 0.3) is 0 Å². The maximum atomic E-state index is 6.23. The summed E-state index contributed by atoms with van der Waals surface area (Å²) in [6.45, 7) is 2.16. The van der Waals surface area contributed by atoms with E-state index >= 15 is 0 Å². The summed E-state index contributed by atoms with van der Waals surface area (Å²) in [5, 5.41) is 4.24.